The van der Waals surface area contributed by atoms with Crippen LogP contribution in [0.5, 0.6) is 0 Å². The standard InChI is InChI=1S/C15H21NO3S/c17-14(9-8-11-5-4-10-20-11)16-13-7-3-1-2-6-12(13)15(18)19/h4-5,10,12-13H,1-3,6-9H2,(H,16,17)(H,18,19)/t12-,13-/m1/s1. The molecule has 1 saturated carbocycles. The largest absolute Gasteiger partial charge is 0.481 e. The Balaban J connectivity index is 1.85. The first-order chi connectivity index (χ1) is 9.66. The maximum absolute atomic E-state index is 12.0. The Kier molecular flexibility index (Phi) is 5.59. The van der Waals surface area contributed by atoms with Crippen molar-refractivity contribution < 1.29 is 14.7 Å². The molecule has 0 radical (unpaired) electrons. The summed E-state index contributed by atoms with van der Waals surface area (Å²) in [5, 5.41) is 14.2. The molecule has 2 N–H and O–H groups in total. The molecule has 0 aliphatic heterocycles. The number of hydrogen-bond acceptors (Lipinski definition) is 3. The highest BCUT2D eigenvalue weighted by molar-refractivity contribution is 7.09. The SMILES string of the molecule is O=C(CCc1cccs1)N[C@@H]1CCCCC[C@H]1C(=O)O. The van der Waals surface area contributed by atoms with Gasteiger partial charge in [0.05, 0.1) is 5.92 Å². The molecule has 0 aromatic carbocycles. The smallest absolute Gasteiger partial charge is 0.308 e. The molecule has 0 saturated heterocycles. The highest BCUT2D eigenvalue weighted by Crippen LogP contribution is 2.24. The average molecular weight is 295 g/mol. The highest BCUT2D eigenvalue weighted by Gasteiger charge is 2.30. The third-order valence-electron chi connectivity index (χ3n) is 3.86. The summed E-state index contributed by atoms with van der Waals surface area (Å²) in [5.41, 5.74) is 0. The Morgan fingerprint density at radius 1 is 1.30 bits per heavy atom. The molecule has 4 nitrogen and oxygen atoms in total. The number of hydrogen-bond donors (Lipinski definition) is 2. The molecular weight excluding hydrogens is 274 g/mol. The van der Waals surface area contributed by atoms with Gasteiger partial charge in [0.15, 0.2) is 0 Å². The van der Waals surface area contributed by atoms with E-state index in [-0.39, 0.29) is 11.9 Å². The lowest BCUT2D eigenvalue weighted by atomic mass is 9.94. The lowest BCUT2D eigenvalue weighted by Gasteiger charge is -2.22. The fourth-order valence-electron chi connectivity index (χ4n) is 2.75. The third-order valence-corrected chi connectivity index (χ3v) is 4.79. The first-order valence-corrected chi connectivity index (χ1v) is 8.09. The maximum Gasteiger partial charge on any atom is 0.308 e. The van der Waals surface area contributed by atoms with Gasteiger partial charge in [0.1, 0.15) is 0 Å². The Bertz CT molecular complexity index is 444. The summed E-state index contributed by atoms with van der Waals surface area (Å²) >= 11 is 1.65. The molecule has 0 bridgehead atoms. The summed E-state index contributed by atoms with van der Waals surface area (Å²) in [5.74, 6) is -1.24. The van der Waals surface area contributed by atoms with Crippen LogP contribution in [0.1, 0.15) is 43.4 Å². The quantitative estimate of drug-likeness (QED) is 0.821. The fraction of sp³-hybridized carbons (Fsp3) is 0.600. The molecular formula is C15H21NO3S. The number of amides is 1. The fourth-order valence-corrected chi connectivity index (χ4v) is 3.46. The van der Waals surface area contributed by atoms with Gasteiger partial charge in [-0.15, -0.1) is 11.3 Å². The van der Waals surface area contributed by atoms with Crippen LogP contribution in [0.4, 0.5) is 0 Å². The van der Waals surface area contributed by atoms with Gasteiger partial charge in [-0.3, -0.25) is 9.59 Å². The summed E-state index contributed by atoms with van der Waals surface area (Å²) in [6.45, 7) is 0. The summed E-state index contributed by atoms with van der Waals surface area (Å²) in [6.07, 6.45) is 5.62. The van der Waals surface area contributed by atoms with E-state index in [2.05, 4.69) is 5.32 Å². The molecule has 0 spiro atoms. The van der Waals surface area contributed by atoms with Crippen molar-refractivity contribution >= 4 is 23.2 Å². The van der Waals surface area contributed by atoms with E-state index in [4.69, 9.17) is 0 Å². The van der Waals surface area contributed by atoms with E-state index in [1.807, 2.05) is 17.5 Å². The number of carboxylic acid groups (broad SMARTS) is 1. The normalized spacial score (nSPS) is 23.0. The van der Waals surface area contributed by atoms with Crippen LogP contribution in [0.2, 0.25) is 0 Å². The molecule has 1 fully saturated rings. The second kappa shape index (κ2) is 7.43. The average Bonchev–Trinajstić information content (AvgIpc) is 2.82. The summed E-state index contributed by atoms with van der Waals surface area (Å²) in [7, 11) is 0. The van der Waals surface area contributed by atoms with Crippen molar-refractivity contribution in [3.05, 3.63) is 22.4 Å². The second-order valence-corrected chi connectivity index (χ2v) is 6.37. The topological polar surface area (TPSA) is 66.4 Å². The molecule has 1 aromatic rings. The Morgan fingerprint density at radius 2 is 2.10 bits per heavy atom. The molecule has 2 rings (SSSR count). The monoisotopic (exact) mass is 295 g/mol. The predicted molar refractivity (Wildman–Crippen MR) is 78.8 cm³/mol. The first kappa shape index (κ1) is 15.0. The molecule has 1 aromatic heterocycles. The number of nitrogens with one attached hydrogen (secondary N) is 1. The highest BCUT2D eigenvalue weighted by atomic mass is 32.1. The van der Waals surface area contributed by atoms with E-state index >= 15 is 0 Å². The van der Waals surface area contributed by atoms with E-state index in [1.54, 1.807) is 11.3 Å². The van der Waals surface area contributed by atoms with Gasteiger partial charge in [-0.25, -0.2) is 0 Å². The molecule has 20 heavy (non-hydrogen) atoms. The van der Waals surface area contributed by atoms with Gasteiger partial charge in [-0.1, -0.05) is 25.3 Å². The van der Waals surface area contributed by atoms with Crippen LogP contribution in [-0.2, 0) is 16.0 Å². The summed E-state index contributed by atoms with van der Waals surface area (Å²) in [4.78, 5) is 24.5. The minimum atomic E-state index is -0.782. The Labute approximate surface area is 123 Å². The molecule has 1 aliphatic rings. The number of thiophene rings is 1. The van der Waals surface area contributed by atoms with E-state index in [9.17, 15) is 14.7 Å². The zero-order valence-corrected chi connectivity index (χ0v) is 12.3. The number of aliphatic carboxylic acids is 1. The van der Waals surface area contributed by atoms with Crippen molar-refractivity contribution in [3.63, 3.8) is 0 Å². The molecule has 1 heterocycles. The Morgan fingerprint density at radius 3 is 2.80 bits per heavy atom. The number of aryl methyl sites for hydroxylation is 1. The molecule has 5 heteroatoms. The van der Waals surface area contributed by atoms with Crippen LogP contribution < -0.4 is 5.32 Å². The molecule has 0 unspecified atom stereocenters. The van der Waals surface area contributed by atoms with Crippen LogP contribution in [0.25, 0.3) is 0 Å². The van der Waals surface area contributed by atoms with Crippen molar-refractivity contribution in [2.24, 2.45) is 5.92 Å². The van der Waals surface area contributed by atoms with Crippen LogP contribution in [0.15, 0.2) is 17.5 Å². The van der Waals surface area contributed by atoms with Crippen molar-refractivity contribution in [1.29, 1.82) is 0 Å². The number of carbonyl (C=O) groups is 2. The number of carbonyl (C=O) groups excluding carboxylic acids is 1. The zero-order valence-electron chi connectivity index (χ0n) is 11.5. The molecule has 1 amide bonds. The van der Waals surface area contributed by atoms with Crippen molar-refractivity contribution in [2.45, 2.75) is 51.0 Å². The van der Waals surface area contributed by atoms with Gasteiger partial charge in [0.25, 0.3) is 0 Å². The van der Waals surface area contributed by atoms with E-state index in [1.165, 1.54) is 4.88 Å². The van der Waals surface area contributed by atoms with Gasteiger partial charge in [-0.05, 0) is 30.7 Å². The lowest BCUT2D eigenvalue weighted by Crippen LogP contribution is -2.42. The van der Waals surface area contributed by atoms with Gasteiger partial charge in [-0.2, -0.15) is 0 Å². The first-order valence-electron chi connectivity index (χ1n) is 7.21. The Hall–Kier alpha value is -1.36. The van der Waals surface area contributed by atoms with Gasteiger partial charge >= 0.3 is 5.97 Å². The van der Waals surface area contributed by atoms with Crippen LogP contribution in [0.3, 0.4) is 0 Å². The van der Waals surface area contributed by atoms with E-state index in [0.29, 0.717) is 12.8 Å². The van der Waals surface area contributed by atoms with Gasteiger partial charge < -0.3 is 10.4 Å². The molecule has 2 atom stereocenters. The minimum absolute atomic E-state index is 0.0310. The maximum atomic E-state index is 12.0. The summed E-state index contributed by atoms with van der Waals surface area (Å²) < 4.78 is 0. The number of rotatable bonds is 5. The van der Waals surface area contributed by atoms with E-state index in [0.717, 1.165) is 32.1 Å². The van der Waals surface area contributed by atoms with E-state index < -0.39 is 11.9 Å². The third kappa shape index (κ3) is 4.34. The van der Waals surface area contributed by atoms with Gasteiger partial charge in [0.2, 0.25) is 5.91 Å². The predicted octanol–water partition coefficient (Wildman–Crippen LogP) is 2.83. The lowest BCUT2D eigenvalue weighted by molar-refractivity contribution is -0.143. The van der Waals surface area contributed by atoms with Crippen LogP contribution >= 0.6 is 11.3 Å². The molecule has 1 aliphatic carbocycles. The number of carboxylic acids is 1. The van der Waals surface area contributed by atoms with Crippen molar-refractivity contribution in [1.82, 2.24) is 5.32 Å². The van der Waals surface area contributed by atoms with Crippen LogP contribution in [0, 0.1) is 5.92 Å². The van der Waals surface area contributed by atoms with Crippen LogP contribution in [-0.4, -0.2) is 23.0 Å². The molecule has 110 valence electrons. The van der Waals surface area contributed by atoms with Crippen molar-refractivity contribution in [3.8, 4) is 0 Å². The minimum Gasteiger partial charge on any atom is -0.481 e. The second-order valence-electron chi connectivity index (χ2n) is 5.34. The van der Waals surface area contributed by atoms with Gasteiger partial charge in [0, 0.05) is 17.3 Å². The van der Waals surface area contributed by atoms with Crippen molar-refractivity contribution in [2.75, 3.05) is 0 Å². The zero-order chi connectivity index (χ0) is 14.4. The summed E-state index contributed by atoms with van der Waals surface area (Å²) in [6, 6.07) is 3.79.